The van der Waals surface area contributed by atoms with Crippen LogP contribution in [-0.2, 0) is 9.47 Å². The third kappa shape index (κ3) is 3.92. The van der Waals surface area contributed by atoms with Crippen molar-refractivity contribution >= 4 is 22.6 Å². The predicted octanol–water partition coefficient (Wildman–Crippen LogP) is 2.82. The molecule has 0 radical (unpaired) electrons. The van der Waals surface area contributed by atoms with Gasteiger partial charge in [0, 0.05) is 9.99 Å². The summed E-state index contributed by atoms with van der Waals surface area (Å²) >= 11 is 2.27. The predicted molar refractivity (Wildman–Crippen MR) is 69.6 cm³/mol. The van der Waals surface area contributed by atoms with Crippen LogP contribution < -0.4 is 4.74 Å². The molecule has 0 aliphatic carbocycles. The van der Waals surface area contributed by atoms with E-state index in [1.807, 2.05) is 24.3 Å². The van der Waals surface area contributed by atoms with Crippen LogP contribution >= 0.6 is 22.6 Å². The molecule has 0 N–H and O–H groups in total. The number of hydrogen-bond donors (Lipinski definition) is 0. The van der Waals surface area contributed by atoms with Crippen LogP contribution in [0, 0.1) is 3.57 Å². The summed E-state index contributed by atoms with van der Waals surface area (Å²) in [6.07, 6.45) is 1.69. The highest BCUT2D eigenvalue weighted by Gasteiger charge is 2.13. The van der Waals surface area contributed by atoms with Crippen molar-refractivity contribution in [2.75, 3.05) is 19.8 Å². The monoisotopic (exact) mass is 334 g/mol. The lowest BCUT2D eigenvalue weighted by Gasteiger charge is -2.23. The van der Waals surface area contributed by atoms with Gasteiger partial charge in [0.2, 0.25) is 0 Å². The Morgan fingerprint density at radius 3 is 2.88 bits per heavy atom. The molecular weight excluding hydrogens is 319 g/mol. The van der Waals surface area contributed by atoms with Gasteiger partial charge in [-0.2, -0.15) is 0 Å². The third-order valence-corrected chi connectivity index (χ3v) is 2.99. The third-order valence-electron chi connectivity index (χ3n) is 2.31. The average molecular weight is 334 g/mol. The summed E-state index contributed by atoms with van der Waals surface area (Å²) in [7, 11) is 0. The van der Waals surface area contributed by atoms with Crippen molar-refractivity contribution in [2.45, 2.75) is 19.1 Å². The Labute approximate surface area is 109 Å². The molecule has 0 saturated carbocycles. The number of rotatable bonds is 4. The summed E-state index contributed by atoms with van der Waals surface area (Å²) in [6.45, 7) is 2.23. The van der Waals surface area contributed by atoms with Gasteiger partial charge in [-0.1, -0.05) is 6.07 Å². The zero-order valence-electron chi connectivity index (χ0n) is 9.02. The molecule has 3 nitrogen and oxygen atoms in total. The molecule has 1 aliphatic heterocycles. The molecule has 1 heterocycles. The number of benzene rings is 1. The van der Waals surface area contributed by atoms with Gasteiger partial charge in [0.05, 0.1) is 19.8 Å². The first-order chi connectivity index (χ1) is 7.84. The van der Waals surface area contributed by atoms with Crippen LogP contribution in [0.1, 0.15) is 12.8 Å². The van der Waals surface area contributed by atoms with Crippen molar-refractivity contribution in [3.8, 4) is 5.75 Å². The second kappa shape index (κ2) is 6.42. The standard InChI is InChI=1S/C12H15IO3/c13-10-3-1-4-11(9-10)14-8-5-12-15-6-2-7-16-12/h1,3-4,9,12H,2,5-8H2. The smallest absolute Gasteiger partial charge is 0.160 e. The van der Waals surface area contributed by atoms with Gasteiger partial charge >= 0.3 is 0 Å². The second-order valence-electron chi connectivity index (χ2n) is 3.62. The first kappa shape index (κ1) is 12.1. The van der Waals surface area contributed by atoms with Crippen molar-refractivity contribution in [1.29, 1.82) is 0 Å². The van der Waals surface area contributed by atoms with Crippen LogP contribution in [0.2, 0.25) is 0 Å². The van der Waals surface area contributed by atoms with Gasteiger partial charge in [0.15, 0.2) is 6.29 Å². The van der Waals surface area contributed by atoms with Crippen molar-refractivity contribution in [2.24, 2.45) is 0 Å². The van der Waals surface area contributed by atoms with Gasteiger partial charge in [0.1, 0.15) is 5.75 Å². The van der Waals surface area contributed by atoms with E-state index in [2.05, 4.69) is 22.6 Å². The molecule has 1 aromatic carbocycles. The maximum atomic E-state index is 5.62. The van der Waals surface area contributed by atoms with E-state index in [9.17, 15) is 0 Å². The molecular formula is C12H15IO3. The van der Waals surface area contributed by atoms with Gasteiger partial charge in [-0.3, -0.25) is 0 Å². The Morgan fingerprint density at radius 1 is 1.31 bits per heavy atom. The van der Waals surface area contributed by atoms with Crippen molar-refractivity contribution in [3.05, 3.63) is 27.8 Å². The number of ether oxygens (including phenoxy) is 3. The Kier molecular flexibility index (Phi) is 4.87. The molecule has 0 amide bonds. The summed E-state index contributed by atoms with van der Waals surface area (Å²) in [4.78, 5) is 0. The molecule has 1 aliphatic rings. The number of hydrogen-bond acceptors (Lipinski definition) is 3. The Morgan fingerprint density at radius 2 is 2.12 bits per heavy atom. The van der Waals surface area contributed by atoms with E-state index in [0.29, 0.717) is 6.61 Å². The van der Waals surface area contributed by atoms with Crippen LogP contribution in [0.3, 0.4) is 0 Å². The zero-order valence-corrected chi connectivity index (χ0v) is 11.2. The second-order valence-corrected chi connectivity index (χ2v) is 4.86. The molecule has 1 saturated heterocycles. The highest BCUT2D eigenvalue weighted by Crippen LogP contribution is 2.16. The molecule has 16 heavy (non-hydrogen) atoms. The molecule has 88 valence electrons. The van der Waals surface area contributed by atoms with Gasteiger partial charge in [-0.05, 0) is 47.2 Å². The van der Waals surface area contributed by atoms with Crippen molar-refractivity contribution in [1.82, 2.24) is 0 Å². The summed E-state index contributed by atoms with van der Waals surface area (Å²) in [5, 5.41) is 0. The zero-order chi connectivity index (χ0) is 11.2. The minimum Gasteiger partial charge on any atom is -0.493 e. The highest BCUT2D eigenvalue weighted by atomic mass is 127. The fourth-order valence-electron chi connectivity index (χ4n) is 1.53. The first-order valence-corrected chi connectivity index (χ1v) is 6.54. The fourth-order valence-corrected chi connectivity index (χ4v) is 2.05. The first-order valence-electron chi connectivity index (χ1n) is 5.46. The van der Waals surface area contributed by atoms with Crippen LogP contribution in [0.4, 0.5) is 0 Å². The van der Waals surface area contributed by atoms with E-state index in [1.165, 1.54) is 3.57 Å². The van der Waals surface area contributed by atoms with Gasteiger partial charge in [0.25, 0.3) is 0 Å². The lowest BCUT2D eigenvalue weighted by atomic mass is 10.3. The summed E-state index contributed by atoms with van der Waals surface area (Å²) in [5.41, 5.74) is 0. The van der Waals surface area contributed by atoms with Gasteiger partial charge < -0.3 is 14.2 Å². The van der Waals surface area contributed by atoms with E-state index in [4.69, 9.17) is 14.2 Å². The summed E-state index contributed by atoms with van der Waals surface area (Å²) in [6, 6.07) is 8.01. The van der Waals surface area contributed by atoms with E-state index < -0.39 is 0 Å². The van der Waals surface area contributed by atoms with Crippen LogP contribution in [0.5, 0.6) is 5.75 Å². The molecule has 0 bridgehead atoms. The van der Waals surface area contributed by atoms with Gasteiger partial charge in [-0.15, -0.1) is 0 Å². The maximum absolute atomic E-state index is 5.62. The molecule has 1 fully saturated rings. The van der Waals surface area contributed by atoms with Crippen LogP contribution in [0.15, 0.2) is 24.3 Å². The molecule has 0 atom stereocenters. The molecule has 0 aromatic heterocycles. The maximum Gasteiger partial charge on any atom is 0.160 e. The van der Waals surface area contributed by atoms with Crippen molar-refractivity contribution in [3.63, 3.8) is 0 Å². The lowest BCUT2D eigenvalue weighted by molar-refractivity contribution is -0.183. The molecule has 4 heteroatoms. The lowest BCUT2D eigenvalue weighted by Crippen LogP contribution is -2.26. The van der Waals surface area contributed by atoms with Crippen molar-refractivity contribution < 1.29 is 14.2 Å². The highest BCUT2D eigenvalue weighted by molar-refractivity contribution is 14.1. The Hall–Kier alpha value is -0.330. The largest absolute Gasteiger partial charge is 0.493 e. The SMILES string of the molecule is Ic1cccc(OCCC2OCCCO2)c1. The Balaban J connectivity index is 1.71. The summed E-state index contributed by atoms with van der Waals surface area (Å²) in [5.74, 6) is 0.905. The molecule has 0 spiro atoms. The van der Waals surface area contributed by atoms with E-state index in [0.717, 1.165) is 31.8 Å². The topological polar surface area (TPSA) is 27.7 Å². The minimum absolute atomic E-state index is 0.0865. The molecule has 2 rings (SSSR count). The Bertz CT molecular complexity index is 324. The minimum atomic E-state index is -0.0865. The normalized spacial score (nSPS) is 17.3. The fraction of sp³-hybridized carbons (Fsp3) is 0.500. The quantitative estimate of drug-likeness (QED) is 0.793. The van der Waals surface area contributed by atoms with Gasteiger partial charge in [-0.25, -0.2) is 0 Å². The average Bonchev–Trinajstić information content (AvgIpc) is 2.30. The van der Waals surface area contributed by atoms with E-state index in [1.54, 1.807) is 0 Å². The van der Waals surface area contributed by atoms with Crippen LogP contribution in [0.25, 0.3) is 0 Å². The van der Waals surface area contributed by atoms with E-state index >= 15 is 0 Å². The number of halogens is 1. The van der Waals surface area contributed by atoms with Crippen LogP contribution in [-0.4, -0.2) is 26.1 Å². The molecule has 1 aromatic rings. The molecule has 0 unspecified atom stereocenters. The van der Waals surface area contributed by atoms with E-state index in [-0.39, 0.29) is 6.29 Å². The summed E-state index contributed by atoms with van der Waals surface area (Å²) < 4.78 is 17.7.